The first-order valence-electron chi connectivity index (χ1n) is 5.71. The number of ketones is 1. The second-order valence-electron chi connectivity index (χ2n) is 4.27. The minimum absolute atomic E-state index is 0.0551. The van der Waals surface area contributed by atoms with E-state index in [1.54, 1.807) is 30.3 Å². The fraction of sp³-hybridized carbons (Fsp3) is 0.133. The molecule has 0 aliphatic rings. The molecule has 0 radical (unpaired) electrons. The molecule has 2 aromatic rings. The van der Waals surface area contributed by atoms with Crippen LogP contribution in [0.25, 0.3) is 0 Å². The standard InChI is InChI=1S/C15H11BrClFO/c1-9-7-11(17)5-6-12(9)14(19)8-10-3-2-4-13(18)15(10)16/h2-7H,8H2,1H3. The third kappa shape index (κ3) is 3.23. The van der Waals surface area contributed by atoms with E-state index in [1.165, 1.54) is 6.07 Å². The van der Waals surface area contributed by atoms with Crippen LogP contribution in [-0.2, 0) is 6.42 Å². The Hall–Kier alpha value is -1.19. The molecule has 0 atom stereocenters. The molecule has 19 heavy (non-hydrogen) atoms. The lowest BCUT2D eigenvalue weighted by molar-refractivity contribution is 0.0992. The Kier molecular flexibility index (Phi) is 4.38. The number of carbonyl (C=O) groups excluding carboxylic acids is 1. The molecule has 0 bridgehead atoms. The number of Topliss-reactive ketones (excluding diaryl/α,β-unsaturated/α-hetero) is 1. The number of carbonyl (C=O) groups is 1. The van der Waals surface area contributed by atoms with E-state index in [1.807, 2.05) is 6.92 Å². The van der Waals surface area contributed by atoms with Crippen LogP contribution in [0.5, 0.6) is 0 Å². The average molecular weight is 342 g/mol. The summed E-state index contributed by atoms with van der Waals surface area (Å²) in [5.74, 6) is -0.418. The van der Waals surface area contributed by atoms with Crippen molar-refractivity contribution in [3.05, 3.63) is 68.4 Å². The lowest BCUT2D eigenvalue weighted by Crippen LogP contribution is -2.06. The minimum Gasteiger partial charge on any atom is -0.294 e. The highest BCUT2D eigenvalue weighted by atomic mass is 79.9. The monoisotopic (exact) mass is 340 g/mol. The molecule has 98 valence electrons. The molecule has 4 heteroatoms. The summed E-state index contributed by atoms with van der Waals surface area (Å²) in [4.78, 5) is 12.2. The average Bonchev–Trinajstić information content (AvgIpc) is 2.34. The summed E-state index contributed by atoms with van der Waals surface area (Å²) in [6.07, 6.45) is 0.154. The third-order valence-electron chi connectivity index (χ3n) is 2.87. The van der Waals surface area contributed by atoms with E-state index in [0.717, 1.165) is 5.56 Å². The van der Waals surface area contributed by atoms with Crippen molar-refractivity contribution in [3.8, 4) is 0 Å². The molecule has 2 rings (SSSR count). The summed E-state index contributed by atoms with van der Waals surface area (Å²) in [7, 11) is 0. The van der Waals surface area contributed by atoms with E-state index in [-0.39, 0.29) is 18.0 Å². The second kappa shape index (κ2) is 5.85. The molecule has 0 spiro atoms. The SMILES string of the molecule is Cc1cc(Cl)ccc1C(=O)Cc1cccc(F)c1Br. The molecule has 0 aliphatic carbocycles. The van der Waals surface area contributed by atoms with Crippen LogP contribution in [0.3, 0.4) is 0 Å². The van der Waals surface area contributed by atoms with Crippen molar-refractivity contribution in [2.24, 2.45) is 0 Å². The first-order valence-corrected chi connectivity index (χ1v) is 6.88. The highest BCUT2D eigenvalue weighted by molar-refractivity contribution is 9.10. The summed E-state index contributed by atoms with van der Waals surface area (Å²) >= 11 is 9.02. The molecule has 0 unspecified atom stereocenters. The van der Waals surface area contributed by atoms with E-state index < -0.39 is 0 Å². The number of aryl methyl sites for hydroxylation is 1. The molecular weight excluding hydrogens is 331 g/mol. The van der Waals surface area contributed by atoms with Crippen LogP contribution in [0, 0.1) is 12.7 Å². The first-order chi connectivity index (χ1) is 8.99. The van der Waals surface area contributed by atoms with Gasteiger partial charge in [0.05, 0.1) is 4.47 Å². The zero-order valence-electron chi connectivity index (χ0n) is 10.2. The lowest BCUT2D eigenvalue weighted by Gasteiger charge is -2.07. The van der Waals surface area contributed by atoms with Crippen LogP contribution in [0.2, 0.25) is 5.02 Å². The number of benzene rings is 2. The Morgan fingerprint density at radius 3 is 2.74 bits per heavy atom. The largest absolute Gasteiger partial charge is 0.294 e. The van der Waals surface area contributed by atoms with Crippen LogP contribution < -0.4 is 0 Å². The fourth-order valence-electron chi connectivity index (χ4n) is 1.89. The maximum Gasteiger partial charge on any atom is 0.167 e. The first kappa shape index (κ1) is 14.2. The van der Waals surface area contributed by atoms with Gasteiger partial charge in [0.15, 0.2) is 5.78 Å². The van der Waals surface area contributed by atoms with Gasteiger partial charge in [-0.25, -0.2) is 4.39 Å². The van der Waals surface area contributed by atoms with Gasteiger partial charge in [0.2, 0.25) is 0 Å². The van der Waals surface area contributed by atoms with E-state index >= 15 is 0 Å². The van der Waals surface area contributed by atoms with Gasteiger partial charge in [-0.15, -0.1) is 0 Å². The van der Waals surface area contributed by atoms with Gasteiger partial charge in [-0.3, -0.25) is 4.79 Å². The topological polar surface area (TPSA) is 17.1 Å². The van der Waals surface area contributed by atoms with Crippen LogP contribution in [0.4, 0.5) is 4.39 Å². The van der Waals surface area contributed by atoms with Crippen molar-refractivity contribution in [3.63, 3.8) is 0 Å². The zero-order valence-corrected chi connectivity index (χ0v) is 12.6. The predicted octanol–water partition coefficient (Wildman–Crippen LogP) is 4.98. The molecule has 0 saturated heterocycles. The summed E-state index contributed by atoms with van der Waals surface area (Å²) in [5, 5.41) is 0.598. The summed E-state index contributed by atoms with van der Waals surface area (Å²) in [6, 6.07) is 9.81. The maximum atomic E-state index is 13.4. The predicted molar refractivity (Wildman–Crippen MR) is 78.3 cm³/mol. The molecule has 2 aromatic carbocycles. The van der Waals surface area contributed by atoms with E-state index in [2.05, 4.69) is 15.9 Å². The molecule has 0 aromatic heterocycles. The van der Waals surface area contributed by atoms with Gasteiger partial charge in [-0.05, 0) is 58.2 Å². The van der Waals surface area contributed by atoms with E-state index in [4.69, 9.17) is 11.6 Å². The van der Waals surface area contributed by atoms with Crippen molar-refractivity contribution in [2.45, 2.75) is 13.3 Å². The van der Waals surface area contributed by atoms with Gasteiger partial charge >= 0.3 is 0 Å². The fourth-order valence-corrected chi connectivity index (χ4v) is 2.52. The van der Waals surface area contributed by atoms with Crippen molar-refractivity contribution >= 4 is 33.3 Å². The highest BCUT2D eigenvalue weighted by Crippen LogP contribution is 2.23. The summed E-state index contributed by atoms with van der Waals surface area (Å²) in [5.41, 5.74) is 2.07. The van der Waals surface area contributed by atoms with Crippen LogP contribution in [0.1, 0.15) is 21.5 Å². The zero-order chi connectivity index (χ0) is 14.0. The minimum atomic E-state index is -0.363. The molecule has 0 amide bonds. The summed E-state index contributed by atoms with van der Waals surface area (Å²) in [6.45, 7) is 1.83. The maximum absolute atomic E-state index is 13.4. The van der Waals surface area contributed by atoms with Crippen LogP contribution in [-0.4, -0.2) is 5.78 Å². The number of rotatable bonds is 3. The quantitative estimate of drug-likeness (QED) is 0.720. The Labute approximate surface area is 124 Å². The van der Waals surface area contributed by atoms with Gasteiger partial charge in [0.25, 0.3) is 0 Å². The van der Waals surface area contributed by atoms with E-state index in [9.17, 15) is 9.18 Å². The Balaban J connectivity index is 2.28. The Morgan fingerprint density at radius 2 is 2.05 bits per heavy atom. The van der Waals surface area contributed by atoms with Crippen LogP contribution >= 0.6 is 27.5 Å². The smallest absolute Gasteiger partial charge is 0.167 e. The Morgan fingerprint density at radius 1 is 1.32 bits per heavy atom. The number of hydrogen-bond donors (Lipinski definition) is 0. The van der Waals surface area contributed by atoms with Crippen LogP contribution in [0.15, 0.2) is 40.9 Å². The van der Waals surface area contributed by atoms with Gasteiger partial charge < -0.3 is 0 Å². The van der Waals surface area contributed by atoms with Gasteiger partial charge in [-0.1, -0.05) is 23.7 Å². The third-order valence-corrected chi connectivity index (χ3v) is 3.99. The van der Waals surface area contributed by atoms with Gasteiger partial charge in [-0.2, -0.15) is 0 Å². The number of hydrogen-bond acceptors (Lipinski definition) is 1. The number of halogens is 3. The van der Waals surface area contributed by atoms with Crippen molar-refractivity contribution in [2.75, 3.05) is 0 Å². The molecule has 1 nitrogen and oxygen atoms in total. The van der Waals surface area contributed by atoms with Gasteiger partial charge in [0.1, 0.15) is 5.82 Å². The van der Waals surface area contributed by atoms with Crippen molar-refractivity contribution in [1.29, 1.82) is 0 Å². The molecule has 0 aliphatic heterocycles. The van der Waals surface area contributed by atoms with Gasteiger partial charge in [0, 0.05) is 17.0 Å². The summed E-state index contributed by atoms with van der Waals surface area (Å²) < 4.78 is 13.7. The second-order valence-corrected chi connectivity index (χ2v) is 5.50. The molecule has 0 saturated carbocycles. The van der Waals surface area contributed by atoms with Crippen molar-refractivity contribution < 1.29 is 9.18 Å². The van der Waals surface area contributed by atoms with Crippen molar-refractivity contribution in [1.82, 2.24) is 0 Å². The highest BCUT2D eigenvalue weighted by Gasteiger charge is 2.13. The lowest BCUT2D eigenvalue weighted by atomic mass is 9.99. The molecular formula is C15H11BrClFO. The van der Waals surface area contributed by atoms with E-state index in [0.29, 0.717) is 20.6 Å². The molecule has 0 heterocycles. The Bertz CT molecular complexity index is 640. The molecule has 0 N–H and O–H groups in total. The normalized spacial score (nSPS) is 10.5. The molecule has 0 fully saturated rings.